The van der Waals surface area contributed by atoms with Crippen molar-refractivity contribution in [3.8, 4) is 0 Å². The SMILES string of the molecule is CC(C)CN([C@@H](CCCCNC(=O)CCc1ccc2ccccc2c1)COP(=O)(O)O)S(=O)(=O)c1ccc(N)cc1. The highest BCUT2D eigenvalue weighted by molar-refractivity contribution is 7.89. The molecule has 0 aliphatic heterocycles. The molecule has 41 heavy (non-hydrogen) atoms. The number of benzene rings is 3. The van der Waals surface area contributed by atoms with Crippen LogP contribution in [0.4, 0.5) is 5.69 Å². The molecule has 1 atom stereocenters. The van der Waals surface area contributed by atoms with E-state index < -0.39 is 30.5 Å². The van der Waals surface area contributed by atoms with Crippen molar-refractivity contribution >= 4 is 40.2 Å². The number of hydrogen-bond donors (Lipinski definition) is 4. The number of amides is 1. The predicted molar refractivity (Wildman–Crippen MR) is 160 cm³/mol. The number of nitrogen functional groups attached to an aromatic ring is 1. The average molecular weight is 606 g/mol. The van der Waals surface area contributed by atoms with Gasteiger partial charge in [0.15, 0.2) is 0 Å². The first-order chi connectivity index (χ1) is 19.3. The van der Waals surface area contributed by atoms with E-state index in [4.69, 9.17) is 10.3 Å². The molecule has 3 rings (SSSR count). The zero-order valence-corrected chi connectivity index (χ0v) is 25.2. The second-order valence-electron chi connectivity index (χ2n) is 10.5. The minimum absolute atomic E-state index is 0.0345. The van der Waals surface area contributed by atoms with Crippen molar-refractivity contribution in [1.82, 2.24) is 9.62 Å². The molecule has 3 aromatic rings. The molecule has 0 saturated carbocycles. The van der Waals surface area contributed by atoms with Crippen molar-refractivity contribution in [3.63, 3.8) is 0 Å². The number of fused-ring (bicyclic) bond motifs is 1. The van der Waals surface area contributed by atoms with Crippen LogP contribution in [-0.2, 0) is 30.3 Å². The lowest BCUT2D eigenvalue weighted by Crippen LogP contribution is -2.44. The van der Waals surface area contributed by atoms with Gasteiger partial charge in [0.2, 0.25) is 15.9 Å². The van der Waals surface area contributed by atoms with Crippen LogP contribution in [0, 0.1) is 5.92 Å². The van der Waals surface area contributed by atoms with Gasteiger partial charge in [-0.1, -0.05) is 62.7 Å². The third-order valence-electron chi connectivity index (χ3n) is 6.62. The van der Waals surface area contributed by atoms with Gasteiger partial charge in [0.25, 0.3) is 0 Å². The number of anilines is 1. The van der Waals surface area contributed by atoms with Crippen molar-refractivity contribution in [2.24, 2.45) is 5.92 Å². The Kier molecular flexibility index (Phi) is 11.9. The highest BCUT2D eigenvalue weighted by Gasteiger charge is 2.33. The largest absolute Gasteiger partial charge is 0.469 e. The van der Waals surface area contributed by atoms with Gasteiger partial charge >= 0.3 is 7.82 Å². The van der Waals surface area contributed by atoms with E-state index in [9.17, 15) is 27.6 Å². The number of aryl methyl sites for hydroxylation is 1. The molecule has 12 heteroatoms. The Balaban J connectivity index is 1.57. The Morgan fingerprint density at radius 3 is 2.37 bits per heavy atom. The topological polar surface area (TPSA) is 159 Å². The molecule has 0 heterocycles. The van der Waals surface area contributed by atoms with Gasteiger partial charge in [-0.15, -0.1) is 0 Å². The molecule has 0 aliphatic carbocycles. The highest BCUT2D eigenvalue weighted by Crippen LogP contribution is 2.37. The summed E-state index contributed by atoms with van der Waals surface area (Å²) in [4.78, 5) is 31.0. The summed E-state index contributed by atoms with van der Waals surface area (Å²) in [5, 5.41) is 5.19. The van der Waals surface area contributed by atoms with E-state index in [2.05, 4.69) is 11.4 Å². The Morgan fingerprint density at radius 1 is 1.02 bits per heavy atom. The lowest BCUT2D eigenvalue weighted by Gasteiger charge is -2.32. The molecule has 0 radical (unpaired) electrons. The summed E-state index contributed by atoms with van der Waals surface area (Å²) in [7, 11) is -8.83. The summed E-state index contributed by atoms with van der Waals surface area (Å²) in [5.41, 5.74) is 7.22. The number of hydrogen-bond acceptors (Lipinski definition) is 6. The second-order valence-corrected chi connectivity index (χ2v) is 13.6. The van der Waals surface area contributed by atoms with Crippen molar-refractivity contribution in [2.75, 3.05) is 25.4 Å². The first-order valence-corrected chi connectivity index (χ1v) is 16.6. The summed E-state index contributed by atoms with van der Waals surface area (Å²) in [6, 6.07) is 19.2. The predicted octanol–water partition coefficient (Wildman–Crippen LogP) is 4.47. The number of nitrogens with zero attached hydrogens (tertiary/aromatic N) is 1. The fraction of sp³-hybridized carbons (Fsp3) is 0.414. The van der Waals surface area contributed by atoms with Crippen LogP contribution in [-0.4, -0.2) is 54.2 Å². The number of rotatable bonds is 16. The van der Waals surface area contributed by atoms with E-state index in [1.807, 2.05) is 50.2 Å². The summed E-state index contributed by atoms with van der Waals surface area (Å²) in [5.74, 6) is -0.134. The van der Waals surface area contributed by atoms with Crippen LogP contribution >= 0.6 is 7.82 Å². The van der Waals surface area contributed by atoms with Gasteiger partial charge in [-0.2, -0.15) is 4.31 Å². The summed E-state index contributed by atoms with van der Waals surface area (Å²) in [6.07, 6.45) is 2.32. The molecule has 0 saturated heterocycles. The van der Waals surface area contributed by atoms with E-state index in [1.54, 1.807) is 0 Å². The molecule has 1 amide bonds. The number of sulfonamides is 1. The Bertz CT molecular complexity index is 1440. The van der Waals surface area contributed by atoms with Crippen molar-refractivity contribution < 1.29 is 32.1 Å². The number of unbranched alkanes of at least 4 members (excludes halogenated alkanes) is 1. The second kappa shape index (κ2) is 14.9. The van der Waals surface area contributed by atoms with Crippen LogP contribution in [0.5, 0.6) is 0 Å². The third-order valence-corrected chi connectivity index (χ3v) is 9.03. The minimum atomic E-state index is -4.82. The van der Waals surface area contributed by atoms with Gasteiger partial charge < -0.3 is 20.8 Å². The van der Waals surface area contributed by atoms with Gasteiger partial charge in [-0.05, 0) is 65.8 Å². The summed E-state index contributed by atoms with van der Waals surface area (Å²) >= 11 is 0. The first kappa shape index (κ1) is 32.7. The Morgan fingerprint density at radius 2 is 1.71 bits per heavy atom. The molecule has 5 N–H and O–H groups in total. The van der Waals surface area contributed by atoms with Crippen molar-refractivity contribution in [2.45, 2.75) is 56.9 Å². The normalized spacial score (nSPS) is 13.1. The first-order valence-electron chi connectivity index (χ1n) is 13.7. The van der Waals surface area contributed by atoms with Gasteiger partial charge in [0, 0.05) is 31.2 Å². The third kappa shape index (κ3) is 10.5. The lowest BCUT2D eigenvalue weighted by atomic mass is 10.0. The molecule has 10 nitrogen and oxygen atoms in total. The number of nitrogens with one attached hydrogen (secondary N) is 1. The number of carbonyl (C=O) groups excluding carboxylic acids is 1. The minimum Gasteiger partial charge on any atom is -0.399 e. The maximum Gasteiger partial charge on any atom is 0.469 e. The Hall–Kier alpha value is -2.79. The van der Waals surface area contributed by atoms with Crippen LogP contribution in [0.15, 0.2) is 71.6 Å². The molecule has 0 aliphatic rings. The van der Waals surface area contributed by atoms with Gasteiger partial charge in [0.05, 0.1) is 11.5 Å². The smallest absolute Gasteiger partial charge is 0.399 e. The van der Waals surface area contributed by atoms with Gasteiger partial charge in [0.1, 0.15) is 0 Å². The number of phosphoric acid groups is 1. The van der Waals surface area contributed by atoms with Crippen molar-refractivity contribution in [3.05, 3.63) is 72.3 Å². The summed E-state index contributed by atoms with van der Waals surface area (Å²) in [6.45, 7) is 3.79. The number of phosphoric ester groups is 1. The molecule has 0 spiro atoms. The highest BCUT2D eigenvalue weighted by atomic mass is 32.2. The van der Waals surface area contributed by atoms with E-state index in [0.29, 0.717) is 37.9 Å². The van der Waals surface area contributed by atoms with Gasteiger partial charge in [-0.25, -0.2) is 13.0 Å². The van der Waals surface area contributed by atoms with Crippen LogP contribution in [0.2, 0.25) is 0 Å². The van der Waals surface area contributed by atoms with Crippen LogP contribution < -0.4 is 11.1 Å². The molecular formula is C29H40N3O7PS. The molecular weight excluding hydrogens is 565 g/mol. The van der Waals surface area contributed by atoms with Gasteiger partial charge in [-0.3, -0.25) is 9.32 Å². The maximum atomic E-state index is 13.6. The fourth-order valence-corrected chi connectivity index (χ4v) is 6.72. The Labute approximate surface area is 242 Å². The number of carbonyl (C=O) groups is 1. The van der Waals surface area contributed by atoms with Crippen LogP contribution in [0.1, 0.15) is 45.1 Å². The zero-order valence-electron chi connectivity index (χ0n) is 23.5. The van der Waals surface area contributed by atoms with E-state index in [0.717, 1.165) is 16.3 Å². The van der Waals surface area contributed by atoms with Crippen LogP contribution in [0.25, 0.3) is 10.8 Å². The fourth-order valence-electron chi connectivity index (χ4n) is 4.55. The monoisotopic (exact) mass is 605 g/mol. The van der Waals surface area contributed by atoms with E-state index in [-0.39, 0.29) is 29.7 Å². The quantitative estimate of drug-likeness (QED) is 0.106. The maximum absolute atomic E-state index is 13.6. The summed E-state index contributed by atoms with van der Waals surface area (Å²) < 4.78 is 44.6. The molecule has 3 aromatic carbocycles. The zero-order chi connectivity index (χ0) is 30.0. The van der Waals surface area contributed by atoms with E-state index in [1.165, 1.54) is 28.6 Å². The van der Waals surface area contributed by atoms with E-state index >= 15 is 0 Å². The van der Waals surface area contributed by atoms with Crippen molar-refractivity contribution in [1.29, 1.82) is 0 Å². The molecule has 0 aromatic heterocycles. The average Bonchev–Trinajstić information content (AvgIpc) is 2.91. The molecule has 224 valence electrons. The molecule has 0 bridgehead atoms. The lowest BCUT2D eigenvalue weighted by molar-refractivity contribution is -0.121. The molecule has 0 unspecified atom stereocenters. The molecule has 0 fully saturated rings. The van der Waals surface area contributed by atoms with Crippen LogP contribution in [0.3, 0.4) is 0 Å². The number of nitrogens with two attached hydrogens (primary N) is 1. The standard InChI is InChI=1S/C29H40N3O7PS/c1-22(2)20-32(41(37,38)28-15-13-26(30)14-16-28)27(21-39-40(34,35)36)9-5-6-18-31-29(33)17-11-23-10-12-24-7-3-4-8-25(24)19-23/h3-4,7-8,10,12-16,19,22,27H,5-6,9,11,17-18,20-21,30H2,1-2H3,(H,31,33)(H2,34,35,36)/t27-/m0/s1.